The molecule has 3 N–H and O–H groups in total. The lowest BCUT2D eigenvalue weighted by atomic mass is 9.82. The van der Waals surface area contributed by atoms with Crippen molar-refractivity contribution in [2.75, 3.05) is 51.7 Å². The van der Waals surface area contributed by atoms with Crippen LogP contribution in [0.5, 0.6) is 0 Å². The third-order valence-electron chi connectivity index (χ3n) is 9.48. The molecular weight excluding hydrogens is 656 g/mol. The monoisotopic (exact) mass is 697 g/mol. The van der Waals surface area contributed by atoms with Crippen molar-refractivity contribution in [2.45, 2.75) is 49.7 Å². The van der Waals surface area contributed by atoms with Gasteiger partial charge >= 0.3 is 6.09 Å². The minimum absolute atomic E-state index is 0.202. The van der Waals surface area contributed by atoms with Crippen LogP contribution in [0.4, 0.5) is 14.9 Å². The van der Waals surface area contributed by atoms with Crippen molar-refractivity contribution in [1.29, 1.82) is 0 Å². The molecule has 0 saturated carbocycles. The predicted molar refractivity (Wildman–Crippen MR) is 186 cm³/mol. The molecule has 3 amide bonds. The maximum absolute atomic E-state index is 14.3. The number of halogens is 3. The number of likely N-dealkylation sites (tertiary alicyclic amines) is 1. The van der Waals surface area contributed by atoms with E-state index in [2.05, 4.69) is 10.2 Å². The third kappa shape index (κ3) is 7.94. The van der Waals surface area contributed by atoms with E-state index in [0.29, 0.717) is 79.6 Å². The molecule has 2 aliphatic rings. The highest BCUT2D eigenvalue weighted by Crippen LogP contribution is 2.45. The predicted octanol–water partition coefficient (Wildman–Crippen LogP) is 5.72. The number of nitrogens with one attached hydrogen (secondary N) is 1. The smallest absolute Gasteiger partial charge is 0.414 e. The Bertz CT molecular complexity index is 1620. The van der Waals surface area contributed by atoms with E-state index in [1.807, 2.05) is 30.3 Å². The second kappa shape index (κ2) is 15.7. The van der Waals surface area contributed by atoms with Gasteiger partial charge in [0.25, 0.3) is 0 Å². The number of fused-ring (bicyclic) bond motifs is 2. The number of piperidine rings is 1. The molecule has 2 heterocycles. The largest absolute Gasteiger partial charge is 0.437 e. The molecule has 0 bridgehead atoms. The van der Waals surface area contributed by atoms with Gasteiger partial charge in [-0.05, 0) is 60.8 Å². The van der Waals surface area contributed by atoms with Gasteiger partial charge in [-0.2, -0.15) is 0 Å². The minimum atomic E-state index is -0.878. The van der Waals surface area contributed by atoms with Gasteiger partial charge in [0, 0.05) is 65.1 Å². The van der Waals surface area contributed by atoms with Gasteiger partial charge in [-0.15, -0.1) is 0 Å². The zero-order chi connectivity index (χ0) is 34.4. The van der Waals surface area contributed by atoms with Crippen LogP contribution in [0.2, 0.25) is 10.0 Å². The number of rotatable bonds is 12. The molecule has 256 valence electrons. The summed E-state index contributed by atoms with van der Waals surface area (Å²) in [6.07, 6.45) is 2.13. The standard InChI is InChI=1S/C36H42Cl2FN5O4/c1-42(32(33(45)41-17-16-40)21-24-7-4-3-5-8-24)34(46)27(25-10-12-29(37)30(38)22-25)9-6-18-44-19-14-36(15-20-44)28-23-26(39)11-13-31(28)43(2)35(47)48-36/h3-5,7-8,10-13,22-23,27,32H,6,9,14-21,40H2,1-2H3,(H,41,45)/t27-,32+/m1/s1. The van der Waals surface area contributed by atoms with E-state index in [4.69, 9.17) is 33.7 Å². The number of nitrogens with zero attached hydrogens (tertiary/aromatic N) is 3. The molecule has 3 aromatic carbocycles. The number of carbonyl (C=O) groups excluding carboxylic acids is 3. The van der Waals surface area contributed by atoms with E-state index in [1.165, 1.54) is 21.9 Å². The van der Waals surface area contributed by atoms with Crippen LogP contribution in [0.15, 0.2) is 66.7 Å². The lowest BCUT2D eigenvalue weighted by Crippen LogP contribution is -2.51. The summed E-state index contributed by atoms with van der Waals surface area (Å²) in [5.41, 5.74) is 7.78. The first kappa shape index (κ1) is 35.6. The number of anilines is 1. The van der Waals surface area contributed by atoms with E-state index in [0.717, 1.165) is 11.1 Å². The molecule has 9 nitrogen and oxygen atoms in total. The highest BCUT2D eigenvalue weighted by atomic mass is 35.5. The Kier molecular flexibility index (Phi) is 11.6. The zero-order valence-corrected chi connectivity index (χ0v) is 28.8. The fraction of sp³-hybridized carbons (Fsp3) is 0.417. The first-order chi connectivity index (χ1) is 23.0. The Morgan fingerprint density at radius 1 is 1.06 bits per heavy atom. The molecule has 1 saturated heterocycles. The van der Waals surface area contributed by atoms with Crippen LogP contribution in [-0.2, 0) is 26.3 Å². The zero-order valence-electron chi connectivity index (χ0n) is 27.3. The molecule has 0 aromatic heterocycles. The topological polar surface area (TPSA) is 108 Å². The lowest BCUT2D eigenvalue weighted by molar-refractivity contribution is -0.140. The number of ether oxygens (including phenoxy) is 1. The molecule has 48 heavy (non-hydrogen) atoms. The lowest BCUT2D eigenvalue weighted by Gasteiger charge is -2.46. The number of carbonyl (C=O) groups is 3. The number of likely N-dealkylation sites (N-methyl/N-ethyl adjacent to an activating group) is 1. The summed E-state index contributed by atoms with van der Waals surface area (Å²) in [5, 5.41) is 3.59. The van der Waals surface area contributed by atoms with Gasteiger partial charge in [0.05, 0.1) is 21.7 Å². The normalized spacial score (nSPS) is 17.0. The molecule has 2 aliphatic heterocycles. The number of benzene rings is 3. The van der Waals surface area contributed by atoms with Gasteiger partial charge in [0.2, 0.25) is 11.8 Å². The van der Waals surface area contributed by atoms with E-state index in [1.54, 1.807) is 38.4 Å². The van der Waals surface area contributed by atoms with Gasteiger partial charge in [-0.3, -0.25) is 14.5 Å². The summed E-state index contributed by atoms with van der Waals surface area (Å²) < 4.78 is 20.2. The molecule has 3 aromatic rings. The first-order valence-corrected chi connectivity index (χ1v) is 17.0. The van der Waals surface area contributed by atoms with Crippen molar-refractivity contribution in [3.05, 3.63) is 99.3 Å². The van der Waals surface area contributed by atoms with Gasteiger partial charge in [-0.1, -0.05) is 59.6 Å². The Hall–Kier alpha value is -3.70. The van der Waals surface area contributed by atoms with Crippen molar-refractivity contribution in [3.63, 3.8) is 0 Å². The number of nitrogens with two attached hydrogens (primary N) is 1. The van der Waals surface area contributed by atoms with E-state index < -0.39 is 23.7 Å². The number of hydrogen-bond donors (Lipinski definition) is 2. The molecule has 0 radical (unpaired) electrons. The van der Waals surface area contributed by atoms with E-state index >= 15 is 0 Å². The quantitative estimate of drug-likeness (QED) is 0.251. The van der Waals surface area contributed by atoms with Crippen LogP contribution >= 0.6 is 23.2 Å². The molecule has 0 aliphatic carbocycles. The van der Waals surface area contributed by atoms with Crippen LogP contribution in [0.25, 0.3) is 0 Å². The molecule has 1 fully saturated rings. The van der Waals surface area contributed by atoms with Gasteiger partial charge < -0.3 is 25.6 Å². The van der Waals surface area contributed by atoms with Crippen LogP contribution < -0.4 is 16.0 Å². The summed E-state index contributed by atoms with van der Waals surface area (Å²) in [5.74, 6) is -1.42. The highest BCUT2D eigenvalue weighted by Gasteiger charge is 2.46. The van der Waals surface area contributed by atoms with Crippen LogP contribution in [0, 0.1) is 5.82 Å². The van der Waals surface area contributed by atoms with Crippen LogP contribution in [-0.4, -0.2) is 80.6 Å². The number of hydrogen-bond acceptors (Lipinski definition) is 6. The first-order valence-electron chi connectivity index (χ1n) is 16.3. The van der Waals surface area contributed by atoms with Gasteiger partial charge in [-0.25, -0.2) is 9.18 Å². The van der Waals surface area contributed by atoms with Crippen LogP contribution in [0.1, 0.15) is 48.3 Å². The average molecular weight is 699 g/mol. The minimum Gasteiger partial charge on any atom is -0.437 e. The van der Waals surface area contributed by atoms with E-state index in [9.17, 15) is 18.8 Å². The Morgan fingerprint density at radius 3 is 2.48 bits per heavy atom. The SMILES string of the molecule is CN1C(=O)OC2(CCN(CCC[C@@H](C(=O)N(C)[C@@H](Cc3ccccc3)C(=O)NCCN)c3ccc(Cl)c(Cl)c3)CC2)c2cc(F)ccc21. The fourth-order valence-electron chi connectivity index (χ4n) is 6.70. The molecule has 0 unspecified atom stereocenters. The Balaban J connectivity index is 1.30. The fourth-order valence-corrected chi connectivity index (χ4v) is 7.01. The maximum atomic E-state index is 14.3. The van der Waals surface area contributed by atoms with Gasteiger partial charge in [0.1, 0.15) is 17.5 Å². The van der Waals surface area contributed by atoms with Crippen LogP contribution in [0.3, 0.4) is 0 Å². The average Bonchev–Trinajstić information content (AvgIpc) is 3.09. The number of amides is 3. The molecule has 12 heteroatoms. The summed E-state index contributed by atoms with van der Waals surface area (Å²) in [4.78, 5) is 45.5. The molecular formula is C36H42Cl2FN5O4. The third-order valence-corrected chi connectivity index (χ3v) is 10.2. The van der Waals surface area contributed by atoms with Crippen molar-refractivity contribution in [2.24, 2.45) is 5.73 Å². The van der Waals surface area contributed by atoms with E-state index in [-0.39, 0.29) is 24.2 Å². The van der Waals surface area contributed by atoms with Crippen molar-refractivity contribution in [1.82, 2.24) is 15.1 Å². The molecule has 1 spiro atoms. The summed E-state index contributed by atoms with van der Waals surface area (Å²) >= 11 is 12.6. The molecule has 2 atom stereocenters. The van der Waals surface area contributed by atoms with Crippen molar-refractivity contribution < 1.29 is 23.5 Å². The van der Waals surface area contributed by atoms with Gasteiger partial charge in [0.15, 0.2) is 0 Å². The van der Waals surface area contributed by atoms with Crippen molar-refractivity contribution in [3.8, 4) is 0 Å². The second-order valence-corrected chi connectivity index (χ2v) is 13.3. The summed E-state index contributed by atoms with van der Waals surface area (Å²) in [7, 11) is 3.29. The van der Waals surface area contributed by atoms with Crippen molar-refractivity contribution >= 4 is 46.8 Å². The Labute approximate surface area is 291 Å². The summed E-state index contributed by atoms with van der Waals surface area (Å²) in [6.45, 7) is 2.56. The highest BCUT2D eigenvalue weighted by molar-refractivity contribution is 6.42. The Morgan fingerprint density at radius 2 is 1.79 bits per heavy atom. The molecule has 5 rings (SSSR count). The second-order valence-electron chi connectivity index (χ2n) is 12.5. The summed E-state index contributed by atoms with van der Waals surface area (Å²) in [6, 6.07) is 18.5. The maximum Gasteiger partial charge on any atom is 0.414 e.